The summed E-state index contributed by atoms with van der Waals surface area (Å²) in [7, 11) is -1.85. The first-order valence-electron chi connectivity index (χ1n) is 6.79. The third kappa shape index (κ3) is 2.98. The molecular weight excluding hydrogens is 296 g/mol. The van der Waals surface area contributed by atoms with Gasteiger partial charge in [0.15, 0.2) is 9.34 Å². The Morgan fingerprint density at radius 1 is 1.55 bits per heavy atom. The molecule has 0 amide bonds. The van der Waals surface area contributed by atoms with E-state index >= 15 is 0 Å². The maximum atomic E-state index is 12.6. The highest BCUT2D eigenvalue weighted by molar-refractivity contribution is 7.91. The maximum absolute atomic E-state index is 12.6. The zero-order chi connectivity index (χ0) is 14.9. The van der Waals surface area contributed by atoms with E-state index in [1.807, 2.05) is 0 Å². The van der Waals surface area contributed by atoms with Gasteiger partial charge in [-0.3, -0.25) is 4.90 Å². The average molecular weight is 318 g/mol. The molecular formula is C12H22N4O2S2. The van der Waals surface area contributed by atoms with Crippen LogP contribution in [0.2, 0.25) is 0 Å². The van der Waals surface area contributed by atoms with Gasteiger partial charge in [0.05, 0.1) is 5.69 Å². The summed E-state index contributed by atoms with van der Waals surface area (Å²) in [5.41, 5.74) is 6.08. The fraction of sp³-hybridized carbons (Fsp3) is 0.750. The van der Waals surface area contributed by atoms with Crippen LogP contribution in [-0.4, -0.2) is 55.3 Å². The highest BCUT2D eigenvalue weighted by Crippen LogP contribution is 2.28. The number of aryl methyl sites for hydroxylation is 1. The minimum atomic E-state index is -3.49. The van der Waals surface area contributed by atoms with Gasteiger partial charge in [-0.2, -0.15) is 4.31 Å². The minimum Gasteiger partial charge on any atom is -0.375 e. The molecule has 1 aromatic heterocycles. The van der Waals surface area contributed by atoms with Crippen LogP contribution in [-0.2, 0) is 10.0 Å². The fourth-order valence-electron chi connectivity index (χ4n) is 2.70. The quantitative estimate of drug-likeness (QED) is 0.880. The number of hydrogen-bond donors (Lipinski definition) is 1. The molecule has 1 atom stereocenters. The monoisotopic (exact) mass is 318 g/mol. The van der Waals surface area contributed by atoms with E-state index in [4.69, 9.17) is 5.73 Å². The second-order valence-electron chi connectivity index (χ2n) is 5.14. The van der Waals surface area contributed by atoms with Crippen molar-refractivity contribution in [3.63, 3.8) is 0 Å². The van der Waals surface area contributed by atoms with Crippen molar-refractivity contribution in [2.75, 3.05) is 32.4 Å². The fourth-order valence-corrected chi connectivity index (χ4v) is 5.39. The van der Waals surface area contributed by atoms with Gasteiger partial charge >= 0.3 is 0 Å². The third-order valence-corrected chi connectivity index (χ3v) is 7.19. The van der Waals surface area contributed by atoms with Crippen LogP contribution in [0.1, 0.15) is 25.5 Å². The topological polar surface area (TPSA) is 79.5 Å². The summed E-state index contributed by atoms with van der Waals surface area (Å²) in [6.45, 7) is 6.34. The largest absolute Gasteiger partial charge is 0.375 e. The van der Waals surface area contributed by atoms with Crippen molar-refractivity contribution in [2.45, 2.75) is 36.9 Å². The first-order chi connectivity index (χ1) is 9.36. The van der Waals surface area contributed by atoms with E-state index in [-0.39, 0.29) is 4.21 Å². The smallest absolute Gasteiger partial charge is 0.254 e. The molecule has 6 nitrogen and oxygen atoms in total. The van der Waals surface area contributed by atoms with E-state index < -0.39 is 10.0 Å². The Hall–Kier alpha value is -0.700. The molecule has 1 saturated heterocycles. The number of aromatic nitrogens is 1. The van der Waals surface area contributed by atoms with Gasteiger partial charge in [-0.1, -0.05) is 18.3 Å². The lowest BCUT2D eigenvalue weighted by molar-refractivity contribution is 0.238. The number of likely N-dealkylation sites (tertiary alicyclic amines) is 1. The molecule has 2 rings (SSSR count). The highest BCUT2D eigenvalue weighted by Gasteiger charge is 2.31. The van der Waals surface area contributed by atoms with Crippen molar-refractivity contribution in [3.8, 4) is 0 Å². The molecule has 114 valence electrons. The van der Waals surface area contributed by atoms with Crippen molar-refractivity contribution >= 4 is 26.5 Å². The van der Waals surface area contributed by atoms with Crippen LogP contribution in [0.25, 0.3) is 0 Å². The second-order valence-corrected chi connectivity index (χ2v) is 8.41. The van der Waals surface area contributed by atoms with E-state index in [1.54, 1.807) is 14.0 Å². The molecule has 0 radical (unpaired) electrons. The van der Waals surface area contributed by atoms with Crippen molar-refractivity contribution < 1.29 is 8.42 Å². The average Bonchev–Trinajstić information content (AvgIpc) is 2.95. The molecule has 0 bridgehead atoms. The van der Waals surface area contributed by atoms with E-state index in [9.17, 15) is 8.42 Å². The van der Waals surface area contributed by atoms with E-state index in [1.165, 1.54) is 4.31 Å². The predicted molar refractivity (Wildman–Crippen MR) is 81.3 cm³/mol. The lowest BCUT2D eigenvalue weighted by Gasteiger charge is -2.27. The molecule has 0 aromatic carbocycles. The van der Waals surface area contributed by atoms with E-state index in [0.717, 1.165) is 37.3 Å². The zero-order valence-electron chi connectivity index (χ0n) is 12.2. The number of likely N-dealkylation sites (N-methyl/N-ethyl adjacent to an activating group) is 2. The van der Waals surface area contributed by atoms with Crippen LogP contribution in [0.3, 0.4) is 0 Å². The number of rotatable bonds is 5. The van der Waals surface area contributed by atoms with Crippen molar-refractivity contribution in [2.24, 2.45) is 0 Å². The van der Waals surface area contributed by atoms with Gasteiger partial charge in [0.1, 0.15) is 0 Å². The van der Waals surface area contributed by atoms with Gasteiger partial charge in [-0.25, -0.2) is 13.4 Å². The summed E-state index contributed by atoms with van der Waals surface area (Å²) in [4.78, 5) is 6.34. The molecule has 2 N–H and O–H groups in total. The Morgan fingerprint density at radius 2 is 2.25 bits per heavy atom. The summed E-state index contributed by atoms with van der Waals surface area (Å²) < 4.78 is 26.8. The number of nitrogens with two attached hydrogens (primary N) is 1. The normalized spacial score (nSPS) is 20.9. The molecule has 20 heavy (non-hydrogen) atoms. The zero-order valence-corrected chi connectivity index (χ0v) is 13.8. The minimum absolute atomic E-state index is 0.263. The Labute approximate surface area is 124 Å². The lowest BCUT2D eigenvalue weighted by Crippen LogP contribution is -2.41. The molecule has 0 spiro atoms. The van der Waals surface area contributed by atoms with Gasteiger partial charge in [0.2, 0.25) is 0 Å². The van der Waals surface area contributed by atoms with Gasteiger partial charge in [0.25, 0.3) is 10.0 Å². The first kappa shape index (κ1) is 15.7. The second kappa shape index (κ2) is 5.97. The molecule has 1 aliphatic heterocycles. The van der Waals surface area contributed by atoms with Crippen molar-refractivity contribution in [1.29, 1.82) is 0 Å². The van der Waals surface area contributed by atoms with Gasteiger partial charge in [-0.05, 0) is 32.9 Å². The SMILES string of the molecule is CCN1CCCC1CN(C)S(=O)(=O)c1sc(N)nc1C. The van der Waals surface area contributed by atoms with E-state index in [0.29, 0.717) is 23.4 Å². The summed E-state index contributed by atoms with van der Waals surface area (Å²) in [6, 6.07) is 0.311. The van der Waals surface area contributed by atoms with Crippen LogP contribution in [0, 0.1) is 6.92 Å². The predicted octanol–water partition coefficient (Wildman–Crippen LogP) is 1.14. The maximum Gasteiger partial charge on any atom is 0.254 e. The molecule has 1 aromatic rings. The van der Waals surface area contributed by atoms with Gasteiger partial charge in [-0.15, -0.1) is 0 Å². The number of thiazole rings is 1. The first-order valence-corrected chi connectivity index (χ1v) is 9.05. The summed E-state index contributed by atoms with van der Waals surface area (Å²) in [6.07, 6.45) is 2.19. The summed E-state index contributed by atoms with van der Waals surface area (Å²) in [5.74, 6) is 0. The number of nitrogen functional groups attached to an aromatic ring is 1. The molecule has 0 saturated carbocycles. The Balaban J connectivity index is 2.15. The molecule has 8 heteroatoms. The number of hydrogen-bond acceptors (Lipinski definition) is 6. The van der Waals surface area contributed by atoms with Gasteiger partial charge in [0, 0.05) is 19.6 Å². The lowest BCUT2D eigenvalue weighted by atomic mass is 10.2. The van der Waals surface area contributed by atoms with E-state index in [2.05, 4.69) is 16.8 Å². The Bertz CT molecular complexity index is 570. The standard InChI is InChI=1S/C12H22N4O2S2/c1-4-16-7-5-6-10(16)8-15(3)20(17,18)11-9(2)14-12(13)19-11/h10H,4-8H2,1-3H3,(H2,13,14). The van der Waals surface area contributed by atoms with Crippen molar-refractivity contribution in [1.82, 2.24) is 14.2 Å². The number of sulfonamides is 1. The molecule has 1 aliphatic rings. The molecule has 0 aliphatic carbocycles. The van der Waals surface area contributed by atoms with Crippen molar-refractivity contribution in [3.05, 3.63) is 5.69 Å². The number of anilines is 1. The van der Waals surface area contributed by atoms with Crippen LogP contribution < -0.4 is 5.73 Å². The molecule has 1 fully saturated rings. The molecule has 2 heterocycles. The van der Waals surface area contributed by atoms with Crippen LogP contribution >= 0.6 is 11.3 Å². The summed E-state index contributed by atoms with van der Waals surface area (Å²) in [5, 5.41) is 0.297. The highest BCUT2D eigenvalue weighted by atomic mass is 32.2. The van der Waals surface area contributed by atoms with Gasteiger partial charge < -0.3 is 5.73 Å². The van der Waals surface area contributed by atoms with Crippen LogP contribution in [0.5, 0.6) is 0 Å². The molecule has 1 unspecified atom stereocenters. The third-order valence-electron chi connectivity index (χ3n) is 3.79. The van der Waals surface area contributed by atoms with Crippen LogP contribution in [0.4, 0.5) is 5.13 Å². The Morgan fingerprint density at radius 3 is 2.80 bits per heavy atom. The summed E-state index contributed by atoms with van der Waals surface area (Å²) >= 11 is 1.04. The van der Waals surface area contributed by atoms with Crippen LogP contribution in [0.15, 0.2) is 4.21 Å². The number of nitrogens with zero attached hydrogens (tertiary/aromatic N) is 3. The Kier molecular flexibility index (Phi) is 4.68.